The molecule has 1 amide bonds. The van der Waals surface area contributed by atoms with Gasteiger partial charge in [-0.25, -0.2) is 4.39 Å². The minimum Gasteiger partial charge on any atom is -0.492 e. The van der Waals surface area contributed by atoms with Crippen LogP contribution in [0.4, 0.5) is 4.39 Å². The molecular weight excluding hydrogens is 417 g/mol. The molecule has 0 radical (unpaired) electrons. The maximum Gasteiger partial charge on any atom is 0.252 e. The van der Waals surface area contributed by atoms with Gasteiger partial charge in [0.2, 0.25) is 0 Å². The first-order chi connectivity index (χ1) is 16.2. The molecule has 0 bridgehead atoms. The second-order valence-electron chi connectivity index (χ2n) is 9.83. The van der Waals surface area contributed by atoms with Crippen molar-refractivity contribution in [2.75, 3.05) is 19.7 Å². The Morgan fingerprint density at radius 3 is 2.94 bits per heavy atom. The van der Waals surface area contributed by atoms with Crippen molar-refractivity contribution in [1.29, 1.82) is 0 Å². The largest absolute Gasteiger partial charge is 0.492 e. The van der Waals surface area contributed by atoms with Crippen LogP contribution < -0.4 is 10.1 Å². The number of ether oxygens (including phenoxy) is 1. The molecule has 3 aromatic rings. The fourth-order valence-electron chi connectivity index (χ4n) is 5.68. The number of carbonyl (C=O) groups excluding carboxylic acids is 1. The molecule has 6 heteroatoms. The lowest BCUT2D eigenvalue weighted by Gasteiger charge is -2.39. The summed E-state index contributed by atoms with van der Waals surface area (Å²) in [5.74, 6) is 1.47. The van der Waals surface area contributed by atoms with Gasteiger partial charge in [0, 0.05) is 41.8 Å². The van der Waals surface area contributed by atoms with Gasteiger partial charge in [-0.15, -0.1) is 0 Å². The maximum atomic E-state index is 13.8. The molecule has 1 aliphatic carbocycles. The molecule has 33 heavy (non-hydrogen) atoms. The van der Waals surface area contributed by atoms with Crippen molar-refractivity contribution in [3.8, 4) is 5.75 Å². The Morgan fingerprint density at radius 1 is 1.18 bits per heavy atom. The first-order valence-corrected chi connectivity index (χ1v) is 12.2. The third kappa shape index (κ3) is 3.90. The van der Waals surface area contributed by atoms with Gasteiger partial charge >= 0.3 is 0 Å². The van der Waals surface area contributed by atoms with Crippen LogP contribution in [0, 0.1) is 11.7 Å². The summed E-state index contributed by atoms with van der Waals surface area (Å²) in [6.07, 6.45) is 8.73. The van der Waals surface area contributed by atoms with E-state index in [0.717, 1.165) is 71.6 Å². The van der Waals surface area contributed by atoms with Gasteiger partial charge in [0.25, 0.3) is 5.91 Å². The summed E-state index contributed by atoms with van der Waals surface area (Å²) in [6.45, 7) is 3.34. The summed E-state index contributed by atoms with van der Waals surface area (Å²) in [5.41, 5.74) is 5.15. The van der Waals surface area contributed by atoms with Crippen LogP contribution in [-0.4, -0.2) is 41.5 Å². The lowest BCUT2D eigenvalue weighted by molar-refractivity contribution is 0.0839. The molecule has 2 aliphatic heterocycles. The van der Waals surface area contributed by atoms with Gasteiger partial charge < -0.3 is 15.0 Å². The predicted molar refractivity (Wildman–Crippen MR) is 126 cm³/mol. The van der Waals surface area contributed by atoms with Crippen molar-refractivity contribution in [2.24, 2.45) is 5.92 Å². The zero-order valence-corrected chi connectivity index (χ0v) is 18.8. The number of benzene rings is 2. The first kappa shape index (κ1) is 20.7. The van der Waals surface area contributed by atoms with Gasteiger partial charge in [-0.1, -0.05) is 12.5 Å². The van der Waals surface area contributed by atoms with Crippen LogP contribution in [0.3, 0.4) is 0 Å². The van der Waals surface area contributed by atoms with Crippen LogP contribution in [0.25, 0.3) is 10.9 Å². The van der Waals surface area contributed by atoms with Gasteiger partial charge in [-0.05, 0) is 80.0 Å². The fraction of sp³-hybridized carbons (Fsp3) is 0.444. The van der Waals surface area contributed by atoms with Crippen molar-refractivity contribution in [2.45, 2.75) is 51.1 Å². The van der Waals surface area contributed by atoms with Crippen molar-refractivity contribution in [3.05, 3.63) is 64.6 Å². The van der Waals surface area contributed by atoms with E-state index in [0.29, 0.717) is 13.2 Å². The standard InChI is InChI=1S/C27H30FN3O2/c28-20-7-8-24-22(11-20)18(13-29-24)5-2-10-31(15-17-3-1-4-17)21-12-23-25(33-16-21)9-6-19-14-30-27(32)26(19)23/h6-9,11,13,17,21,29H,1-5,10,12,14-16H2,(H,30,32). The second-order valence-corrected chi connectivity index (χ2v) is 9.83. The molecule has 2 aromatic carbocycles. The third-order valence-corrected chi connectivity index (χ3v) is 7.75. The van der Waals surface area contributed by atoms with E-state index in [-0.39, 0.29) is 17.8 Å². The van der Waals surface area contributed by atoms with E-state index in [1.807, 2.05) is 24.4 Å². The average Bonchev–Trinajstić information content (AvgIpc) is 3.37. The Bertz CT molecular complexity index is 1200. The molecule has 1 atom stereocenters. The van der Waals surface area contributed by atoms with E-state index in [9.17, 15) is 9.18 Å². The van der Waals surface area contributed by atoms with Gasteiger partial charge in [0.15, 0.2) is 0 Å². The monoisotopic (exact) mass is 447 g/mol. The Labute approximate surface area is 193 Å². The maximum absolute atomic E-state index is 13.8. The number of H-pyrrole nitrogens is 1. The van der Waals surface area contributed by atoms with E-state index in [1.54, 1.807) is 6.07 Å². The number of carbonyl (C=O) groups is 1. The smallest absolute Gasteiger partial charge is 0.252 e. The van der Waals surface area contributed by atoms with E-state index in [4.69, 9.17) is 4.74 Å². The van der Waals surface area contributed by atoms with Gasteiger partial charge in [-0.3, -0.25) is 9.69 Å². The Morgan fingerprint density at radius 2 is 2.09 bits per heavy atom. The Balaban J connectivity index is 1.18. The molecule has 1 aromatic heterocycles. The zero-order valence-electron chi connectivity index (χ0n) is 18.8. The van der Waals surface area contributed by atoms with E-state index < -0.39 is 0 Å². The quantitative estimate of drug-likeness (QED) is 0.557. The summed E-state index contributed by atoms with van der Waals surface area (Å²) in [4.78, 5) is 18.3. The number of fused-ring (bicyclic) bond motifs is 4. The number of aromatic nitrogens is 1. The number of amides is 1. The normalized spacial score (nSPS) is 19.8. The molecule has 6 rings (SSSR count). The van der Waals surface area contributed by atoms with Crippen LogP contribution in [0.2, 0.25) is 0 Å². The summed E-state index contributed by atoms with van der Waals surface area (Å²) in [7, 11) is 0. The number of hydrogen-bond acceptors (Lipinski definition) is 3. The van der Waals surface area contributed by atoms with Gasteiger partial charge in [0.05, 0.1) is 5.56 Å². The molecule has 5 nitrogen and oxygen atoms in total. The second kappa shape index (κ2) is 8.49. The van der Waals surface area contributed by atoms with Crippen LogP contribution in [-0.2, 0) is 19.4 Å². The number of nitrogens with zero attached hydrogens (tertiary/aromatic N) is 1. The Kier molecular flexibility index (Phi) is 5.33. The molecule has 3 aliphatic rings. The first-order valence-electron chi connectivity index (χ1n) is 12.2. The molecule has 0 spiro atoms. The highest BCUT2D eigenvalue weighted by molar-refractivity contribution is 6.00. The van der Waals surface area contributed by atoms with Crippen LogP contribution >= 0.6 is 0 Å². The molecule has 1 saturated carbocycles. The van der Waals surface area contributed by atoms with Crippen LogP contribution in [0.1, 0.15) is 52.7 Å². The van der Waals surface area contributed by atoms with Crippen molar-refractivity contribution in [1.82, 2.24) is 15.2 Å². The molecule has 172 valence electrons. The lowest BCUT2D eigenvalue weighted by Crippen LogP contribution is -2.47. The number of aryl methyl sites for hydroxylation is 1. The highest BCUT2D eigenvalue weighted by Crippen LogP contribution is 2.35. The summed E-state index contributed by atoms with van der Waals surface area (Å²) in [6, 6.07) is 9.26. The van der Waals surface area contributed by atoms with Crippen molar-refractivity contribution < 1.29 is 13.9 Å². The summed E-state index contributed by atoms with van der Waals surface area (Å²) in [5, 5.41) is 3.94. The van der Waals surface area contributed by atoms with Gasteiger partial charge in [0.1, 0.15) is 18.2 Å². The highest BCUT2D eigenvalue weighted by Gasteiger charge is 2.33. The van der Waals surface area contributed by atoms with E-state index >= 15 is 0 Å². The molecule has 2 N–H and O–H groups in total. The minimum absolute atomic E-state index is 0.0308. The topological polar surface area (TPSA) is 57.4 Å². The summed E-state index contributed by atoms with van der Waals surface area (Å²) < 4.78 is 19.9. The SMILES string of the molecule is O=C1NCc2ccc3c(c21)CC(N(CCCc1c[nH]c2ccc(F)cc12)CC1CCC1)CO3. The number of aromatic amines is 1. The molecule has 1 unspecified atom stereocenters. The minimum atomic E-state index is -0.190. The van der Waals surface area contributed by atoms with E-state index in [2.05, 4.69) is 15.2 Å². The number of rotatable bonds is 7. The average molecular weight is 448 g/mol. The lowest BCUT2D eigenvalue weighted by atomic mass is 9.84. The van der Waals surface area contributed by atoms with Crippen molar-refractivity contribution >= 4 is 16.8 Å². The van der Waals surface area contributed by atoms with Crippen molar-refractivity contribution in [3.63, 3.8) is 0 Å². The molecule has 3 heterocycles. The number of hydrogen-bond donors (Lipinski definition) is 2. The number of nitrogens with one attached hydrogen (secondary N) is 2. The van der Waals surface area contributed by atoms with E-state index in [1.165, 1.54) is 30.9 Å². The Hall–Kier alpha value is -2.86. The summed E-state index contributed by atoms with van der Waals surface area (Å²) >= 11 is 0. The third-order valence-electron chi connectivity index (χ3n) is 7.75. The van der Waals surface area contributed by atoms with Gasteiger partial charge in [-0.2, -0.15) is 0 Å². The van der Waals surface area contributed by atoms with Crippen LogP contribution in [0.5, 0.6) is 5.75 Å². The zero-order chi connectivity index (χ0) is 22.4. The molecule has 0 saturated heterocycles. The number of halogens is 1. The van der Waals surface area contributed by atoms with Crippen LogP contribution in [0.15, 0.2) is 36.5 Å². The highest BCUT2D eigenvalue weighted by atomic mass is 19.1. The predicted octanol–water partition coefficient (Wildman–Crippen LogP) is 4.59. The molecular formula is C27H30FN3O2. The molecule has 1 fully saturated rings. The fourth-order valence-corrected chi connectivity index (χ4v) is 5.68.